The monoisotopic (exact) mass is 404 g/mol. The van der Waals surface area contributed by atoms with Crippen molar-refractivity contribution in [3.8, 4) is 0 Å². The first-order valence-corrected chi connectivity index (χ1v) is 10.5. The number of halogens is 1. The van der Waals surface area contributed by atoms with Crippen molar-refractivity contribution in [2.45, 2.75) is 29.4 Å². The first-order valence-electron chi connectivity index (χ1n) is 9.29. The molecule has 4 heteroatoms. The van der Waals surface area contributed by atoms with E-state index >= 15 is 0 Å². The minimum Gasteiger partial charge on any atom is -0.306 e. The van der Waals surface area contributed by atoms with E-state index in [0.717, 1.165) is 27.1 Å². The van der Waals surface area contributed by atoms with Gasteiger partial charge in [-0.15, -0.1) is 0 Å². The Kier molecular flexibility index (Phi) is 5.96. The first kappa shape index (κ1) is 19.0. The molecule has 0 radical (unpaired) electrons. The van der Waals surface area contributed by atoms with E-state index in [1.54, 1.807) is 11.8 Å². The van der Waals surface area contributed by atoms with Gasteiger partial charge in [-0.2, -0.15) is 0 Å². The summed E-state index contributed by atoms with van der Waals surface area (Å²) in [6.45, 7) is 2.98. The Balaban J connectivity index is 1.41. The van der Waals surface area contributed by atoms with Gasteiger partial charge in [0.25, 0.3) is 0 Å². The zero-order valence-electron chi connectivity index (χ0n) is 15.6. The Morgan fingerprint density at radius 1 is 0.929 bits per heavy atom. The number of fused-ring (bicyclic) bond motifs is 1. The summed E-state index contributed by atoms with van der Waals surface area (Å²) in [5.41, 5.74) is 2.48. The highest BCUT2D eigenvalue weighted by molar-refractivity contribution is 7.99. The van der Waals surface area contributed by atoms with E-state index in [4.69, 9.17) is 11.6 Å². The molecule has 0 amide bonds. The van der Waals surface area contributed by atoms with Crippen LogP contribution in [-0.2, 0) is 6.54 Å². The second kappa shape index (κ2) is 8.78. The second-order valence-corrected chi connectivity index (χ2v) is 8.18. The maximum absolute atomic E-state index is 6.23. The van der Waals surface area contributed by atoms with Crippen LogP contribution < -0.4 is 5.32 Å². The maximum atomic E-state index is 6.23. The quantitative estimate of drug-likeness (QED) is 0.378. The van der Waals surface area contributed by atoms with Gasteiger partial charge in [-0.05, 0) is 47.0 Å². The van der Waals surface area contributed by atoms with Gasteiger partial charge in [-0.25, -0.2) is 4.98 Å². The third-order valence-electron chi connectivity index (χ3n) is 4.75. The van der Waals surface area contributed by atoms with Crippen LogP contribution in [0, 0.1) is 0 Å². The standard InChI is InChI=1S/C24H21ClN2S/c1-17(20-10-6-8-19-7-2-3-9-21(19)20)26-15-18-13-14-24(27-16-18)28-23-12-5-4-11-22(23)25/h2-14,16-17,26H,15H2,1H3/t17-/m1/s1. The van der Waals surface area contributed by atoms with Gasteiger partial charge >= 0.3 is 0 Å². The van der Waals surface area contributed by atoms with Crippen LogP contribution in [0.2, 0.25) is 5.02 Å². The molecular formula is C24H21ClN2S. The van der Waals surface area contributed by atoms with Crippen LogP contribution in [0.5, 0.6) is 0 Å². The predicted molar refractivity (Wildman–Crippen MR) is 119 cm³/mol. The van der Waals surface area contributed by atoms with Gasteiger partial charge in [0.15, 0.2) is 0 Å². The Morgan fingerprint density at radius 2 is 1.71 bits per heavy atom. The highest BCUT2D eigenvalue weighted by Gasteiger charge is 2.09. The average Bonchev–Trinajstić information content (AvgIpc) is 2.74. The molecule has 0 saturated heterocycles. The summed E-state index contributed by atoms with van der Waals surface area (Å²) in [6.07, 6.45) is 1.93. The lowest BCUT2D eigenvalue weighted by Crippen LogP contribution is -2.18. The lowest BCUT2D eigenvalue weighted by Gasteiger charge is -2.16. The first-order chi connectivity index (χ1) is 13.7. The summed E-state index contributed by atoms with van der Waals surface area (Å²) < 4.78 is 0. The number of rotatable bonds is 6. The van der Waals surface area contributed by atoms with E-state index in [1.165, 1.54) is 16.3 Å². The Bertz CT molecular complexity index is 1070. The van der Waals surface area contributed by atoms with Gasteiger partial charge in [0.2, 0.25) is 0 Å². The summed E-state index contributed by atoms with van der Waals surface area (Å²) in [7, 11) is 0. The summed E-state index contributed by atoms with van der Waals surface area (Å²) in [6, 6.07) is 27.3. The van der Waals surface area contributed by atoms with E-state index in [1.807, 2.05) is 36.5 Å². The molecule has 1 heterocycles. The summed E-state index contributed by atoms with van der Waals surface area (Å²) in [4.78, 5) is 5.60. The number of hydrogen-bond acceptors (Lipinski definition) is 3. The van der Waals surface area contributed by atoms with Crippen molar-refractivity contribution < 1.29 is 0 Å². The minimum absolute atomic E-state index is 0.253. The molecule has 0 aliphatic heterocycles. The SMILES string of the molecule is C[C@@H](NCc1ccc(Sc2ccccc2Cl)nc1)c1cccc2ccccc12. The Hall–Kier alpha value is -2.33. The highest BCUT2D eigenvalue weighted by Crippen LogP contribution is 2.31. The van der Waals surface area contributed by atoms with Crippen molar-refractivity contribution in [2.24, 2.45) is 0 Å². The van der Waals surface area contributed by atoms with Crippen molar-refractivity contribution in [1.82, 2.24) is 10.3 Å². The van der Waals surface area contributed by atoms with Crippen molar-refractivity contribution in [3.63, 3.8) is 0 Å². The molecule has 0 spiro atoms. The van der Waals surface area contributed by atoms with Crippen molar-refractivity contribution in [2.75, 3.05) is 0 Å². The lowest BCUT2D eigenvalue weighted by molar-refractivity contribution is 0.577. The molecule has 28 heavy (non-hydrogen) atoms. The van der Waals surface area contributed by atoms with Gasteiger partial charge in [0.1, 0.15) is 5.03 Å². The normalized spacial score (nSPS) is 12.2. The largest absolute Gasteiger partial charge is 0.306 e. The lowest BCUT2D eigenvalue weighted by atomic mass is 9.99. The van der Waals surface area contributed by atoms with Crippen molar-refractivity contribution >= 4 is 34.1 Å². The van der Waals surface area contributed by atoms with E-state index in [9.17, 15) is 0 Å². The number of nitrogens with zero attached hydrogens (tertiary/aromatic N) is 1. The molecule has 0 saturated carbocycles. The van der Waals surface area contributed by atoms with Crippen LogP contribution >= 0.6 is 23.4 Å². The molecule has 4 rings (SSSR count). The number of aromatic nitrogens is 1. The summed E-state index contributed by atoms with van der Waals surface area (Å²) in [5, 5.41) is 7.89. The van der Waals surface area contributed by atoms with Crippen LogP contribution in [0.4, 0.5) is 0 Å². The second-order valence-electron chi connectivity index (χ2n) is 6.71. The van der Waals surface area contributed by atoms with E-state index in [-0.39, 0.29) is 6.04 Å². The van der Waals surface area contributed by atoms with Gasteiger partial charge in [0, 0.05) is 23.7 Å². The van der Waals surface area contributed by atoms with E-state index in [2.05, 4.69) is 65.8 Å². The van der Waals surface area contributed by atoms with Crippen LogP contribution in [0.25, 0.3) is 10.8 Å². The van der Waals surface area contributed by atoms with Gasteiger partial charge in [0.05, 0.1) is 5.02 Å². The molecule has 1 N–H and O–H groups in total. The van der Waals surface area contributed by atoms with Crippen molar-refractivity contribution in [1.29, 1.82) is 0 Å². The fourth-order valence-corrected chi connectivity index (χ4v) is 4.26. The molecule has 1 atom stereocenters. The number of nitrogens with one attached hydrogen (secondary N) is 1. The predicted octanol–water partition coefficient (Wildman–Crippen LogP) is 6.89. The van der Waals surface area contributed by atoms with Gasteiger partial charge < -0.3 is 5.32 Å². The van der Waals surface area contributed by atoms with Gasteiger partial charge in [-0.3, -0.25) is 0 Å². The fourth-order valence-electron chi connectivity index (χ4n) is 3.22. The maximum Gasteiger partial charge on any atom is 0.101 e. The van der Waals surface area contributed by atoms with Crippen LogP contribution in [-0.4, -0.2) is 4.98 Å². The third kappa shape index (κ3) is 4.39. The zero-order valence-corrected chi connectivity index (χ0v) is 17.2. The number of hydrogen-bond donors (Lipinski definition) is 1. The molecule has 0 fully saturated rings. The Labute approximate surface area is 175 Å². The zero-order chi connectivity index (χ0) is 19.3. The average molecular weight is 405 g/mol. The van der Waals surface area contributed by atoms with Gasteiger partial charge in [-0.1, -0.05) is 84.0 Å². The van der Waals surface area contributed by atoms with E-state index in [0.29, 0.717) is 0 Å². The van der Waals surface area contributed by atoms with Crippen LogP contribution in [0.1, 0.15) is 24.1 Å². The molecular weight excluding hydrogens is 384 g/mol. The molecule has 0 unspecified atom stereocenters. The van der Waals surface area contributed by atoms with Crippen molar-refractivity contribution in [3.05, 3.63) is 101 Å². The Morgan fingerprint density at radius 3 is 2.54 bits per heavy atom. The molecule has 0 bridgehead atoms. The fraction of sp³-hybridized carbons (Fsp3) is 0.125. The van der Waals surface area contributed by atoms with Crippen LogP contribution in [0.15, 0.2) is 95.0 Å². The third-order valence-corrected chi connectivity index (χ3v) is 6.22. The summed E-state index contributed by atoms with van der Waals surface area (Å²) >= 11 is 7.81. The molecule has 0 aliphatic rings. The van der Waals surface area contributed by atoms with Crippen LogP contribution in [0.3, 0.4) is 0 Å². The molecule has 0 aliphatic carbocycles. The minimum atomic E-state index is 0.253. The molecule has 3 aromatic carbocycles. The number of pyridine rings is 1. The smallest absolute Gasteiger partial charge is 0.101 e. The molecule has 140 valence electrons. The van der Waals surface area contributed by atoms with E-state index < -0.39 is 0 Å². The molecule has 1 aromatic heterocycles. The molecule has 2 nitrogen and oxygen atoms in total. The highest BCUT2D eigenvalue weighted by atomic mass is 35.5. The molecule has 4 aromatic rings. The summed E-state index contributed by atoms with van der Waals surface area (Å²) in [5.74, 6) is 0. The topological polar surface area (TPSA) is 24.9 Å². The number of benzene rings is 3.